The Labute approximate surface area is 228 Å². The van der Waals surface area contributed by atoms with Gasteiger partial charge in [0.1, 0.15) is 11.4 Å². The van der Waals surface area contributed by atoms with Crippen molar-refractivity contribution < 1.29 is 19.5 Å². The molecule has 1 fully saturated rings. The number of hydrogen-bond donors (Lipinski definition) is 6. The lowest BCUT2D eigenvalue weighted by atomic mass is 9.82. The number of halogens is 1. The third kappa shape index (κ3) is 6.90. The van der Waals surface area contributed by atoms with Gasteiger partial charge in [0.05, 0.1) is 12.6 Å². The first-order valence-corrected chi connectivity index (χ1v) is 12.8. The van der Waals surface area contributed by atoms with Gasteiger partial charge in [0.2, 0.25) is 11.8 Å². The molecule has 0 aromatic heterocycles. The smallest absolute Gasteiger partial charge is 0.317 e. The Morgan fingerprint density at radius 3 is 2.16 bits per heavy atom. The van der Waals surface area contributed by atoms with Crippen LogP contribution >= 0.6 is 12.4 Å². The highest BCUT2D eigenvalue weighted by Crippen LogP contribution is 2.32. The second-order valence-electron chi connectivity index (χ2n) is 10.1. The molecule has 2 aliphatic carbocycles. The second kappa shape index (κ2) is 12.9. The number of amides is 2. The summed E-state index contributed by atoms with van der Waals surface area (Å²) < 4.78 is 0. The monoisotopic (exact) mass is 541 g/mol. The van der Waals surface area contributed by atoms with E-state index < -0.39 is 17.6 Å². The van der Waals surface area contributed by atoms with Crippen LogP contribution in [-0.2, 0) is 33.8 Å². The van der Waals surface area contributed by atoms with Gasteiger partial charge in [-0.2, -0.15) is 0 Å². The molecule has 0 heterocycles. The molecule has 2 aromatic rings. The summed E-state index contributed by atoms with van der Waals surface area (Å²) in [5, 5.41) is 25.8. The lowest BCUT2D eigenvalue weighted by molar-refractivity contribution is -0.138. The van der Waals surface area contributed by atoms with Gasteiger partial charge < -0.3 is 21.5 Å². The van der Waals surface area contributed by atoms with Gasteiger partial charge in [-0.3, -0.25) is 25.1 Å². The Morgan fingerprint density at radius 2 is 1.61 bits per heavy atom. The van der Waals surface area contributed by atoms with Gasteiger partial charge in [0, 0.05) is 24.9 Å². The first-order valence-electron chi connectivity index (χ1n) is 12.8. The Kier molecular flexibility index (Phi) is 9.88. The number of nitrogen functional groups attached to an aromatic ring is 1. The second-order valence-corrected chi connectivity index (χ2v) is 10.1. The standard InChI is InChI=1S/C28H35N5O4.ClH/c29-25(30)20-12-10-18(11-13-20)16-32-27(37)28(14-21-8-4-5-9-22(21)15-28)33-26(36)24(31-17-23(34)35)19-6-2-1-3-7-19;/h4-5,8-13,19,24,31H,1-3,6-7,14-17H2,(H3,29,30)(H,32,37)(H,33,36)(H,34,35);1H/t24-;/m1./s1. The van der Waals surface area contributed by atoms with Crippen molar-refractivity contribution in [3.05, 3.63) is 70.8 Å². The number of carbonyl (C=O) groups is 3. The molecule has 9 nitrogen and oxygen atoms in total. The van der Waals surface area contributed by atoms with Gasteiger partial charge in [0.25, 0.3) is 0 Å². The Morgan fingerprint density at radius 1 is 1.00 bits per heavy atom. The molecule has 0 bridgehead atoms. The predicted octanol–water partition coefficient (Wildman–Crippen LogP) is 2.29. The van der Waals surface area contributed by atoms with Crippen LogP contribution in [0, 0.1) is 11.3 Å². The molecular weight excluding hydrogens is 506 g/mol. The predicted molar refractivity (Wildman–Crippen MR) is 147 cm³/mol. The average Bonchev–Trinajstić information content (AvgIpc) is 3.27. The average molecular weight is 542 g/mol. The number of hydrogen-bond acceptors (Lipinski definition) is 5. The minimum absolute atomic E-state index is 0. The zero-order valence-corrected chi connectivity index (χ0v) is 22.1. The van der Waals surface area contributed by atoms with Crippen LogP contribution in [0.25, 0.3) is 0 Å². The third-order valence-corrected chi connectivity index (χ3v) is 7.49. The minimum Gasteiger partial charge on any atom is -0.480 e. The summed E-state index contributed by atoms with van der Waals surface area (Å²) in [6, 6.07) is 14.2. The minimum atomic E-state index is -1.17. The van der Waals surface area contributed by atoms with E-state index in [1.165, 1.54) is 0 Å². The van der Waals surface area contributed by atoms with E-state index in [9.17, 15) is 19.5 Å². The van der Waals surface area contributed by atoms with Crippen LogP contribution < -0.4 is 21.7 Å². The summed E-state index contributed by atoms with van der Waals surface area (Å²) in [7, 11) is 0. The van der Waals surface area contributed by atoms with Crippen molar-refractivity contribution in [3.63, 3.8) is 0 Å². The number of nitrogens with two attached hydrogens (primary N) is 1. The van der Waals surface area contributed by atoms with E-state index >= 15 is 0 Å². The largest absolute Gasteiger partial charge is 0.480 e. The maximum atomic E-state index is 13.7. The van der Waals surface area contributed by atoms with E-state index in [4.69, 9.17) is 11.1 Å². The van der Waals surface area contributed by atoms with Gasteiger partial charge >= 0.3 is 5.97 Å². The molecule has 204 valence electrons. The first-order chi connectivity index (χ1) is 17.8. The van der Waals surface area contributed by atoms with Crippen LogP contribution in [0.5, 0.6) is 0 Å². The number of benzene rings is 2. The SMILES string of the molecule is Cl.N=C(N)c1ccc(CNC(=O)C2(NC(=O)[C@H](NCC(=O)O)C3CCCCC3)Cc3ccccc3C2)cc1. The number of nitrogens with one attached hydrogen (secondary N) is 4. The summed E-state index contributed by atoms with van der Waals surface area (Å²) in [6.07, 6.45) is 5.53. The Balaban J connectivity index is 0.00000400. The normalized spacial score (nSPS) is 16.9. The van der Waals surface area contributed by atoms with E-state index in [1.807, 2.05) is 24.3 Å². The molecule has 0 spiro atoms. The molecule has 0 unspecified atom stereocenters. The molecule has 0 aliphatic heterocycles. The number of carbonyl (C=O) groups excluding carboxylic acids is 2. The molecule has 2 aliphatic rings. The molecule has 4 rings (SSSR count). The summed E-state index contributed by atoms with van der Waals surface area (Å²) >= 11 is 0. The fraction of sp³-hybridized carbons (Fsp3) is 0.429. The van der Waals surface area contributed by atoms with Gasteiger partial charge in [-0.05, 0) is 35.4 Å². The molecule has 7 N–H and O–H groups in total. The van der Waals surface area contributed by atoms with Gasteiger partial charge in [0.15, 0.2) is 0 Å². The van der Waals surface area contributed by atoms with E-state index in [-0.39, 0.29) is 49.1 Å². The van der Waals surface area contributed by atoms with Crippen LogP contribution in [0.15, 0.2) is 48.5 Å². The molecule has 0 radical (unpaired) electrons. The number of amidine groups is 1. The Bertz CT molecular complexity index is 1140. The summed E-state index contributed by atoms with van der Waals surface area (Å²) in [6.45, 7) is -0.0570. The van der Waals surface area contributed by atoms with Gasteiger partial charge in [-0.25, -0.2) is 0 Å². The molecule has 1 saturated carbocycles. The number of aliphatic carboxylic acids is 1. The van der Waals surface area contributed by atoms with Gasteiger partial charge in [-0.1, -0.05) is 67.8 Å². The fourth-order valence-corrected chi connectivity index (χ4v) is 5.53. The van der Waals surface area contributed by atoms with Crippen molar-refractivity contribution in [3.8, 4) is 0 Å². The number of carboxylic acid groups (broad SMARTS) is 1. The lowest BCUT2D eigenvalue weighted by Crippen LogP contribution is -2.63. The van der Waals surface area contributed by atoms with Crippen molar-refractivity contribution in [2.24, 2.45) is 11.7 Å². The van der Waals surface area contributed by atoms with Crippen molar-refractivity contribution >= 4 is 36.0 Å². The quantitative estimate of drug-likeness (QED) is 0.200. The van der Waals surface area contributed by atoms with Gasteiger partial charge in [-0.15, -0.1) is 12.4 Å². The van der Waals surface area contributed by atoms with Crippen LogP contribution in [0.4, 0.5) is 0 Å². The fourth-order valence-electron chi connectivity index (χ4n) is 5.53. The van der Waals surface area contributed by atoms with Crippen LogP contribution in [0.2, 0.25) is 0 Å². The summed E-state index contributed by atoms with van der Waals surface area (Å²) in [5.74, 6) is -1.64. The lowest BCUT2D eigenvalue weighted by Gasteiger charge is -2.35. The zero-order valence-electron chi connectivity index (χ0n) is 21.3. The van der Waals surface area contributed by atoms with Crippen molar-refractivity contribution in [1.29, 1.82) is 5.41 Å². The van der Waals surface area contributed by atoms with Crippen LogP contribution in [-0.4, -0.2) is 46.9 Å². The number of carboxylic acids is 1. The molecular formula is C28H36ClN5O4. The number of rotatable bonds is 10. The summed E-state index contributed by atoms with van der Waals surface area (Å²) in [5.41, 5.74) is 7.83. The highest BCUT2D eigenvalue weighted by Gasteiger charge is 2.46. The van der Waals surface area contributed by atoms with Crippen molar-refractivity contribution in [2.75, 3.05) is 6.54 Å². The third-order valence-electron chi connectivity index (χ3n) is 7.49. The van der Waals surface area contributed by atoms with Crippen molar-refractivity contribution in [1.82, 2.24) is 16.0 Å². The molecule has 38 heavy (non-hydrogen) atoms. The molecule has 10 heteroatoms. The van der Waals surface area contributed by atoms with Crippen LogP contribution in [0.3, 0.4) is 0 Å². The number of fused-ring (bicyclic) bond motifs is 1. The Hall–Kier alpha value is -3.43. The van der Waals surface area contributed by atoms with Crippen LogP contribution in [0.1, 0.15) is 54.4 Å². The maximum absolute atomic E-state index is 13.7. The van der Waals surface area contributed by atoms with E-state index in [1.54, 1.807) is 24.3 Å². The molecule has 2 amide bonds. The maximum Gasteiger partial charge on any atom is 0.317 e. The highest BCUT2D eigenvalue weighted by atomic mass is 35.5. The molecule has 1 atom stereocenters. The van der Waals surface area contributed by atoms with Crippen molar-refractivity contribution in [2.45, 2.75) is 63.1 Å². The molecule has 2 aromatic carbocycles. The van der Waals surface area contributed by atoms with E-state index in [2.05, 4.69) is 16.0 Å². The highest BCUT2D eigenvalue weighted by molar-refractivity contribution is 5.95. The van der Waals surface area contributed by atoms with E-state index in [0.29, 0.717) is 18.4 Å². The zero-order chi connectivity index (χ0) is 26.4. The topological polar surface area (TPSA) is 157 Å². The summed E-state index contributed by atoms with van der Waals surface area (Å²) in [4.78, 5) is 38.6. The molecule has 0 saturated heterocycles. The van der Waals surface area contributed by atoms with E-state index in [0.717, 1.165) is 48.8 Å². The first kappa shape index (κ1) is 29.1.